The van der Waals surface area contributed by atoms with E-state index in [9.17, 15) is 4.79 Å². The second-order valence-electron chi connectivity index (χ2n) is 5.72. The molecule has 0 heterocycles. The molecule has 1 saturated carbocycles. The van der Waals surface area contributed by atoms with Gasteiger partial charge >= 0.3 is 6.09 Å². The van der Waals surface area contributed by atoms with Gasteiger partial charge in [-0.2, -0.15) is 0 Å². The van der Waals surface area contributed by atoms with E-state index in [0.717, 1.165) is 0 Å². The fourth-order valence-electron chi connectivity index (χ4n) is 2.30. The largest absolute Gasteiger partial charge is 0.412 e. The van der Waals surface area contributed by atoms with Gasteiger partial charge in [0.25, 0.3) is 0 Å². The van der Waals surface area contributed by atoms with Crippen LogP contribution in [0, 0.1) is 10.8 Å². The van der Waals surface area contributed by atoms with E-state index in [1.165, 1.54) is 0 Å². The van der Waals surface area contributed by atoms with Crippen LogP contribution in [0.2, 0.25) is 0 Å². The first-order chi connectivity index (χ1) is 7.85. The molecule has 0 unspecified atom stereocenters. The number of carbonyl (C=O) groups is 1. The molecule has 3 nitrogen and oxygen atoms in total. The lowest BCUT2D eigenvalue weighted by Gasteiger charge is -2.07. The van der Waals surface area contributed by atoms with E-state index in [0.29, 0.717) is 5.75 Å². The molecule has 1 aromatic carbocycles. The summed E-state index contributed by atoms with van der Waals surface area (Å²) in [4.78, 5) is 11.7. The number of rotatable bonds is 2. The lowest BCUT2D eigenvalue weighted by molar-refractivity contribution is 0.198. The van der Waals surface area contributed by atoms with Crippen LogP contribution in [0.15, 0.2) is 30.3 Å². The van der Waals surface area contributed by atoms with Gasteiger partial charge in [0.1, 0.15) is 5.75 Å². The molecule has 17 heavy (non-hydrogen) atoms. The van der Waals surface area contributed by atoms with Gasteiger partial charge in [0.05, 0.1) is 0 Å². The van der Waals surface area contributed by atoms with Crippen LogP contribution in [0.5, 0.6) is 5.75 Å². The molecular weight excluding hydrogens is 214 g/mol. The summed E-state index contributed by atoms with van der Waals surface area (Å²) in [6, 6.07) is 9.27. The zero-order valence-electron chi connectivity index (χ0n) is 10.8. The van der Waals surface area contributed by atoms with Gasteiger partial charge in [-0.25, -0.2) is 4.79 Å². The van der Waals surface area contributed by atoms with E-state index < -0.39 is 0 Å². The highest BCUT2D eigenvalue weighted by Gasteiger charge is 2.65. The Kier molecular flexibility index (Phi) is 2.64. The molecule has 92 valence electrons. The monoisotopic (exact) mass is 233 g/mol. The van der Waals surface area contributed by atoms with Crippen LogP contribution in [0.4, 0.5) is 4.79 Å². The predicted octanol–water partition coefficient (Wildman–Crippen LogP) is 3.21. The van der Waals surface area contributed by atoms with Gasteiger partial charge < -0.3 is 10.1 Å². The lowest BCUT2D eigenvalue weighted by atomic mass is 10.0. The highest BCUT2D eigenvalue weighted by atomic mass is 16.6. The Labute approximate surface area is 102 Å². The third-order valence-corrected chi connectivity index (χ3v) is 4.24. The van der Waals surface area contributed by atoms with E-state index in [1.807, 2.05) is 18.2 Å². The van der Waals surface area contributed by atoms with Gasteiger partial charge in [0, 0.05) is 6.04 Å². The van der Waals surface area contributed by atoms with Crippen molar-refractivity contribution in [1.82, 2.24) is 5.32 Å². The first-order valence-electron chi connectivity index (χ1n) is 5.89. The van der Waals surface area contributed by atoms with E-state index in [-0.39, 0.29) is 23.0 Å². The number of benzene rings is 1. The van der Waals surface area contributed by atoms with Gasteiger partial charge in [0.2, 0.25) is 0 Å². The highest BCUT2D eigenvalue weighted by molar-refractivity contribution is 5.71. The maximum Gasteiger partial charge on any atom is 0.412 e. The standard InChI is InChI=1S/C14H19NO2/c1-13(2)11(14(13,3)4)15-12(16)17-10-8-6-5-7-9-10/h5-9,11H,1-4H3,(H,15,16). The van der Waals surface area contributed by atoms with Crippen LogP contribution < -0.4 is 10.1 Å². The van der Waals surface area contributed by atoms with Gasteiger partial charge in [-0.1, -0.05) is 45.9 Å². The zero-order chi connectivity index (χ0) is 12.7. The topological polar surface area (TPSA) is 38.3 Å². The lowest BCUT2D eigenvalue weighted by Crippen LogP contribution is -2.32. The van der Waals surface area contributed by atoms with Crippen molar-refractivity contribution in [3.8, 4) is 5.75 Å². The van der Waals surface area contributed by atoms with Crippen LogP contribution in [0.1, 0.15) is 27.7 Å². The average Bonchev–Trinajstić information content (AvgIpc) is 2.62. The molecule has 0 atom stereocenters. The Hall–Kier alpha value is -1.51. The molecule has 0 bridgehead atoms. The summed E-state index contributed by atoms with van der Waals surface area (Å²) in [6.45, 7) is 8.61. The molecule has 1 fully saturated rings. The maximum absolute atomic E-state index is 11.7. The Bertz CT molecular complexity index is 409. The van der Waals surface area contributed by atoms with Crippen molar-refractivity contribution in [3.63, 3.8) is 0 Å². The fraction of sp³-hybridized carbons (Fsp3) is 0.500. The van der Waals surface area contributed by atoms with Crippen LogP contribution in [-0.4, -0.2) is 12.1 Å². The van der Waals surface area contributed by atoms with E-state index >= 15 is 0 Å². The van der Waals surface area contributed by atoms with E-state index in [1.54, 1.807) is 12.1 Å². The number of hydrogen-bond acceptors (Lipinski definition) is 2. The van der Waals surface area contributed by atoms with Gasteiger partial charge in [-0.15, -0.1) is 0 Å². The summed E-state index contributed by atoms with van der Waals surface area (Å²) in [5, 5.41) is 2.92. The second kappa shape index (κ2) is 3.76. The molecular formula is C14H19NO2. The summed E-state index contributed by atoms with van der Waals surface area (Å²) in [5.41, 5.74) is 0.255. The van der Waals surface area contributed by atoms with Crippen molar-refractivity contribution < 1.29 is 9.53 Å². The molecule has 1 amide bonds. The number of hydrogen-bond donors (Lipinski definition) is 1. The van der Waals surface area contributed by atoms with Crippen LogP contribution >= 0.6 is 0 Å². The molecule has 0 radical (unpaired) electrons. The molecule has 1 N–H and O–H groups in total. The fourth-order valence-corrected chi connectivity index (χ4v) is 2.30. The minimum Gasteiger partial charge on any atom is -0.410 e. The number of carbonyl (C=O) groups excluding carboxylic acids is 1. The van der Waals surface area contributed by atoms with Gasteiger partial charge in [-0.3, -0.25) is 0 Å². The Morgan fingerprint density at radius 3 is 2.12 bits per heavy atom. The SMILES string of the molecule is CC1(C)C(NC(=O)Oc2ccccc2)C1(C)C. The van der Waals surface area contributed by atoms with E-state index in [4.69, 9.17) is 4.74 Å². The summed E-state index contributed by atoms with van der Waals surface area (Å²) in [5.74, 6) is 0.571. The average molecular weight is 233 g/mol. The van der Waals surface area contributed by atoms with Crippen molar-refractivity contribution in [2.75, 3.05) is 0 Å². The summed E-state index contributed by atoms with van der Waals surface area (Å²) < 4.78 is 5.20. The number of nitrogens with one attached hydrogen (secondary N) is 1. The third kappa shape index (κ3) is 2.02. The smallest absolute Gasteiger partial charge is 0.410 e. The molecule has 0 aromatic heterocycles. The maximum atomic E-state index is 11.7. The van der Waals surface area contributed by atoms with E-state index in [2.05, 4.69) is 33.0 Å². The first kappa shape index (κ1) is 12.0. The number of ether oxygens (including phenoxy) is 1. The molecule has 1 aliphatic carbocycles. The van der Waals surface area contributed by atoms with Crippen molar-refractivity contribution in [1.29, 1.82) is 0 Å². The molecule has 0 spiro atoms. The molecule has 0 aliphatic heterocycles. The quantitative estimate of drug-likeness (QED) is 0.851. The van der Waals surface area contributed by atoms with Crippen LogP contribution in [-0.2, 0) is 0 Å². The van der Waals surface area contributed by atoms with Gasteiger partial charge in [0.15, 0.2) is 0 Å². The number of para-hydroxylation sites is 1. The van der Waals surface area contributed by atoms with Crippen LogP contribution in [0.3, 0.4) is 0 Å². The normalized spacial score (nSPS) is 20.7. The van der Waals surface area contributed by atoms with Crippen LogP contribution in [0.25, 0.3) is 0 Å². The summed E-state index contributed by atoms with van der Waals surface area (Å²) in [6.07, 6.45) is -0.375. The Balaban J connectivity index is 1.92. The Morgan fingerprint density at radius 1 is 1.12 bits per heavy atom. The summed E-state index contributed by atoms with van der Waals surface area (Å²) in [7, 11) is 0. The first-order valence-corrected chi connectivity index (χ1v) is 5.89. The minimum atomic E-state index is -0.375. The Morgan fingerprint density at radius 2 is 1.65 bits per heavy atom. The number of amides is 1. The highest BCUT2D eigenvalue weighted by Crippen LogP contribution is 2.62. The molecule has 1 aromatic rings. The van der Waals surface area contributed by atoms with Crippen molar-refractivity contribution in [2.24, 2.45) is 10.8 Å². The second-order valence-corrected chi connectivity index (χ2v) is 5.72. The zero-order valence-corrected chi connectivity index (χ0v) is 10.8. The molecule has 2 rings (SSSR count). The van der Waals surface area contributed by atoms with Crippen molar-refractivity contribution in [2.45, 2.75) is 33.7 Å². The van der Waals surface area contributed by atoms with Gasteiger partial charge in [-0.05, 0) is 23.0 Å². The van der Waals surface area contributed by atoms with Crippen molar-refractivity contribution >= 4 is 6.09 Å². The molecule has 1 aliphatic rings. The van der Waals surface area contributed by atoms with Crippen molar-refractivity contribution in [3.05, 3.63) is 30.3 Å². The molecule has 0 saturated heterocycles. The summed E-state index contributed by atoms with van der Waals surface area (Å²) >= 11 is 0. The predicted molar refractivity (Wildman–Crippen MR) is 67.0 cm³/mol. The third-order valence-electron chi connectivity index (χ3n) is 4.24. The molecule has 3 heteroatoms. The minimum absolute atomic E-state index is 0.128.